The van der Waals surface area contributed by atoms with Crippen molar-refractivity contribution in [3.05, 3.63) is 64.7 Å². The number of quaternary nitrogens is 1. The molecule has 0 aliphatic heterocycles. The number of nitrogens with zero attached hydrogens (tertiary/aromatic N) is 1. The van der Waals surface area contributed by atoms with Gasteiger partial charge in [0.1, 0.15) is 12.3 Å². The number of para-hydroxylation sites is 3. The number of anilines is 1. The molecule has 146 valence electrons. The summed E-state index contributed by atoms with van der Waals surface area (Å²) < 4.78 is 5.55. The average Bonchev–Trinajstić information content (AvgIpc) is 2.69. The zero-order chi connectivity index (χ0) is 19.9. The van der Waals surface area contributed by atoms with Crippen molar-refractivity contribution in [1.29, 1.82) is 0 Å². The molecule has 0 radical (unpaired) electrons. The Bertz CT molecular complexity index is 1020. The molecule has 0 spiro atoms. The molecule has 3 rings (SSSR count). The summed E-state index contributed by atoms with van der Waals surface area (Å²) in [5.41, 5.74) is 1.15. The van der Waals surface area contributed by atoms with E-state index in [2.05, 4.69) is 15.3 Å². The number of carbonyl (C=O) groups is 1. The maximum absolute atomic E-state index is 12.5. The highest BCUT2D eigenvalue weighted by molar-refractivity contribution is 5.92. The van der Waals surface area contributed by atoms with Crippen molar-refractivity contribution < 1.29 is 14.4 Å². The summed E-state index contributed by atoms with van der Waals surface area (Å²) in [7, 11) is 0. The van der Waals surface area contributed by atoms with E-state index in [1.807, 2.05) is 56.3 Å². The van der Waals surface area contributed by atoms with Crippen LogP contribution in [0.15, 0.2) is 53.3 Å². The average molecular weight is 381 g/mol. The van der Waals surface area contributed by atoms with Crippen LogP contribution in [0.5, 0.6) is 5.75 Å². The molecule has 3 N–H and O–H groups in total. The number of likely N-dealkylation sites (N-methyl/N-ethyl adjacent to an activating group) is 1. The predicted molar refractivity (Wildman–Crippen MR) is 109 cm³/mol. The molecular formula is C21H25N4O3+. The van der Waals surface area contributed by atoms with Crippen LogP contribution in [-0.2, 0) is 11.3 Å². The van der Waals surface area contributed by atoms with Crippen LogP contribution in [0, 0.1) is 0 Å². The SMILES string of the molecule is CCOc1ccccc1NC(=O)C[NH+](CC)Cc1nc2ccccc2c(=O)[nH]1. The zero-order valence-electron chi connectivity index (χ0n) is 16.1. The number of ether oxygens (including phenoxy) is 1. The van der Waals surface area contributed by atoms with Gasteiger partial charge in [-0.05, 0) is 38.1 Å². The number of benzene rings is 2. The fourth-order valence-corrected chi connectivity index (χ4v) is 3.04. The third kappa shape index (κ3) is 4.75. The highest BCUT2D eigenvalue weighted by atomic mass is 16.5. The van der Waals surface area contributed by atoms with Crippen LogP contribution < -0.4 is 20.5 Å². The number of rotatable bonds is 8. The van der Waals surface area contributed by atoms with Gasteiger partial charge in [-0.2, -0.15) is 0 Å². The molecule has 1 unspecified atom stereocenters. The van der Waals surface area contributed by atoms with Gasteiger partial charge in [-0.3, -0.25) is 9.59 Å². The molecule has 1 amide bonds. The summed E-state index contributed by atoms with van der Waals surface area (Å²) in [5.74, 6) is 1.10. The molecule has 1 atom stereocenters. The minimum atomic E-state index is -0.161. The van der Waals surface area contributed by atoms with E-state index in [0.29, 0.717) is 41.3 Å². The quantitative estimate of drug-likeness (QED) is 0.550. The van der Waals surface area contributed by atoms with Gasteiger partial charge in [0.05, 0.1) is 29.7 Å². The molecule has 0 aliphatic carbocycles. The monoisotopic (exact) mass is 381 g/mol. The van der Waals surface area contributed by atoms with Crippen molar-refractivity contribution in [2.45, 2.75) is 20.4 Å². The first-order valence-electron chi connectivity index (χ1n) is 9.43. The van der Waals surface area contributed by atoms with E-state index in [4.69, 9.17) is 4.74 Å². The topological polar surface area (TPSA) is 88.5 Å². The highest BCUT2D eigenvalue weighted by Gasteiger charge is 2.16. The van der Waals surface area contributed by atoms with Crippen molar-refractivity contribution in [3.63, 3.8) is 0 Å². The first-order chi connectivity index (χ1) is 13.6. The Balaban J connectivity index is 1.69. The summed E-state index contributed by atoms with van der Waals surface area (Å²) in [5, 5.41) is 3.47. The first kappa shape index (κ1) is 19.6. The van der Waals surface area contributed by atoms with E-state index in [-0.39, 0.29) is 18.0 Å². The van der Waals surface area contributed by atoms with E-state index in [9.17, 15) is 9.59 Å². The van der Waals surface area contributed by atoms with Crippen LogP contribution in [0.25, 0.3) is 10.9 Å². The van der Waals surface area contributed by atoms with E-state index in [1.165, 1.54) is 0 Å². The van der Waals surface area contributed by atoms with Crippen LogP contribution in [-0.4, -0.2) is 35.6 Å². The number of aromatic nitrogens is 2. The van der Waals surface area contributed by atoms with Gasteiger partial charge in [0, 0.05) is 0 Å². The zero-order valence-corrected chi connectivity index (χ0v) is 16.1. The lowest BCUT2D eigenvalue weighted by Crippen LogP contribution is -3.11. The number of aromatic amines is 1. The second-order valence-electron chi connectivity index (χ2n) is 6.46. The summed E-state index contributed by atoms with van der Waals surface area (Å²) in [6, 6.07) is 14.6. The van der Waals surface area contributed by atoms with Gasteiger partial charge in [-0.25, -0.2) is 4.98 Å². The molecule has 1 aromatic heterocycles. The minimum absolute atomic E-state index is 0.118. The van der Waals surface area contributed by atoms with Gasteiger partial charge in [0.15, 0.2) is 12.4 Å². The van der Waals surface area contributed by atoms with Crippen molar-refractivity contribution in [1.82, 2.24) is 9.97 Å². The van der Waals surface area contributed by atoms with Gasteiger partial charge in [0.2, 0.25) is 0 Å². The molecule has 0 fully saturated rings. The normalized spacial score (nSPS) is 11.9. The van der Waals surface area contributed by atoms with Gasteiger partial charge < -0.3 is 19.9 Å². The predicted octanol–water partition coefficient (Wildman–Crippen LogP) is 1.37. The van der Waals surface area contributed by atoms with Gasteiger partial charge in [-0.1, -0.05) is 24.3 Å². The second kappa shape index (κ2) is 9.14. The van der Waals surface area contributed by atoms with E-state index in [1.54, 1.807) is 6.07 Å². The smallest absolute Gasteiger partial charge is 0.279 e. The van der Waals surface area contributed by atoms with Crippen molar-refractivity contribution in [2.75, 3.05) is 25.0 Å². The number of hydrogen-bond acceptors (Lipinski definition) is 4. The van der Waals surface area contributed by atoms with Gasteiger partial charge in [0.25, 0.3) is 11.5 Å². The van der Waals surface area contributed by atoms with Gasteiger partial charge >= 0.3 is 0 Å². The van der Waals surface area contributed by atoms with Crippen LogP contribution in [0.2, 0.25) is 0 Å². The number of H-pyrrole nitrogens is 1. The fourth-order valence-electron chi connectivity index (χ4n) is 3.04. The molecule has 1 heterocycles. The van der Waals surface area contributed by atoms with Gasteiger partial charge in [-0.15, -0.1) is 0 Å². The molecule has 2 aromatic carbocycles. The number of hydrogen-bond donors (Lipinski definition) is 3. The molecule has 0 saturated carbocycles. The Kier molecular flexibility index (Phi) is 6.39. The number of carbonyl (C=O) groups excluding carboxylic acids is 1. The molecule has 28 heavy (non-hydrogen) atoms. The molecule has 7 heteroatoms. The van der Waals surface area contributed by atoms with Crippen LogP contribution >= 0.6 is 0 Å². The van der Waals surface area contributed by atoms with E-state index >= 15 is 0 Å². The lowest BCUT2D eigenvalue weighted by molar-refractivity contribution is -0.904. The fraction of sp³-hybridized carbons (Fsp3) is 0.286. The molecule has 0 bridgehead atoms. The van der Waals surface area contributed by atoms with Crippen LogP contribution in [0.4, 0.5) is 5.69 Å². The van der Waals surface area contributed by atoms with Crippen molar-refractivity contribution in [2.24, 2.45) is 0 Å². The van der Waals surface area contributed by atoms with Crippen LogP contribution in [0.1, 0.15) is 19.7 Å². The van der Waals surface area contributed by atoms with Crippen molar-refractivity contribution >= 4 is 22.5 Å². The Morgan fingerprint density at radius 1 is 1.14 bits per heavy atom. The molecule has 3 aromatic rings. The summed E-state index contributed by atoms with van der Waals surface area (Å²) in [6.07, 6.45) is 0. The van der Waals surface area contributed by atoms with Crippen molar-refractivity contribution in [3.8, 4) is 5.75 Å². The lowest BCUT2D eigenvalue weighted by atomic mass is 10.2. The number of nitrogens with one attached hydrogen (secondary N) is 3. The Morgan fingerprint density at radius 3 is 2.68 bits per heavy atom. The van der Waals surface area contributed by atoms with E-state index in [0.717, 1.165) is 11.4 Å². The second-order valence-corrected chi connectivity index (χ2v) is 6.46. The maximum Gasteiger partial charge on any atom is 0.279 e. The first-order valence-corrected chi connectivity index (χ1v) is 9.43. The van der Waals surface area contributed by atoms with E-state index < -0.39 is 0 Å². The summed E-state index contributed by atoms with van der Waals surface area (Å²) >= 11 is 0. The number of fused-ring (bicyclic) bond motifs is 1. The Labute approximate surface area is 163 Å². The maximum atomic E-state index is 12.5. The standard InChI is InChI=1S/C21H24N4O3/c1-3-25(13-19-22-16-10-6-5-9-15(16)21(27)24-19)14-20(26)23-17-11-7-8-12-18(17)28-4-2/h5-12H,3-4,13-14H2,1-2H3,(H,23,26)(H,22,24,27)/p+1. The summed E-state index contributed by atoms with van der Waals surface area (Å²) in [4.78, 5) is 33.1. The summed E-state index contributed by atoms with van der Waals surface area (Å²) in [6.45, 7) is 5.86. The Hall–Kier alpha value is -3.19. The molecule has 0 saturated heterocycles. The number of amides is 1. The molecular weight excluding hydrogens is 356 g/mol. The lowest BCUT2D eigenvalue weighted by Gasteiger charge is -2.17. The Morgan fingerprint density at radius 2 is 1.89 bits per heavy atom. The largest absolute Gasteiger partial charge is 0.492 e. The van der Waals surface area contributed by atoms with Crippen LogP contribution in [0.3, 0.4) is 0 Å². The molecule has 7 nitrogen and oxygen atoms in total. The minimum Gasteiger partial charge on any atom is -0.492 e. The highest BCUT2D eigenvalue weighted by Crippen LogP contribution is 2.23. The third-order valence-electron chi connectivity index (χ3n) is 4.45. The third-order valence-corrected chi connectivity index (χ3v) is 4.45. The molecule has 0 aliphatic rings.